The van der Waals surface area contributed by atoms with Crippen molar-refractivity contribution in [2.75, 3.05) is 20.3 Å². The molecule has 2 aromatic rings. The third-order valence-corrected chi connectivity index (χ3v) is 3.90. The lowest BCUT2D eigenvalue weighted by atomic mass is 10.1. The summed E-state index contributed by atoms with van der Waals surface area (Å²) in [5, 5.41) is 0. The fraction of sp³-hybridized carbons (Fsp3) is 0.211. The molecule has 0 atom stereocenters. The molecule has 2 aromatic carbocycles. The summed E-state index contributed by atoms with van der Waals surface area (Å²) in [5.74, 6) is -1.23. The summed E-state index contributed by atoms with van der Waals surface area (Å²) in [7, 11) is 1.58. The van der Waals surface area contributed by atoms with E-state index in [-0.39, 0.29) is 25.0 Å². The van der Waals surface area contributed by atoms with Gasteiger partial charge >= 0.3 is 5.97 Å². The summed E-state index contributed by atoms with van der Waals surface area (Å²) < 4.78 is 10.2. The lowest BCUT2D eigenvalue weighted by Crippen LogP contribution is -2.33. The number of carbonyl (C=O) groups excluding carboxylic acids is 3. The molecular weight excluding hydrogens is 322 g/mol. The van der Waals surface area contributed by atoms with E-state index < -0.39 is 5.97 Å². The van der Waals surface area contributed by atoms with Gasteiger partial charge in [-0.05, 0) is 29.8 Å². The van der Waals surface area contributed by atoms with Crippen LogP contribution < -0.4 is 0 Å². The minimum absolute atomic E-state index is 0.0237. The van der Waals surface area contributed by atoms with Crippen LogP contribution in [0.15, 0.2) is 48.5 Å². The van der Waals surface area contributed by atoms with Crippen LogP contribution in [0.3, 0.4) is 0 Å². The molecule has 0 aromatic heterocycles. The summed E-state index contributed by atoms with van der Waals surface area (Å²) in [6.07, 6.45) is 0. The van der Waals surface area contributed by atoms with Crippen molar-refractivity contribution in [3.63, 3.8) is 0 Å². The first kappa shape index (κ1) is 16.9. The topological polar surface area (TPSA) is 72.9 Å². The van der Waals surface area contributed by atoms with Crippen molar-refractivity contribution in [2.45, 2.75) is 6.61 Å². The molecule has 0 saturated carbocycles. The average Bonchev–Trinajstić information content (AvgIpc) is 2.87. The van der Waals surface area contributed by atoms with Crippen LogP contribution in [0.2, 0.25) is 0 Å². The highest BCUT2D eigenvalue weighted by molar-refractivity contribution is 6.21. The maximum atomic E-state index is 12.2. The van der Waals surface area contributed by atoms with Crippen LogP contribution in [0.4, 0.5) is 0 Å². The number of nitrogens with zero attached hydrogens (tertiary/aromatic N) is 1. The van der Waals surface area contributed by atoms with Gasteiger partial charge in [0.1, 0.15) is 6.61 Å². The van der Waals surface area contributed by atoms with Gasteiger partial charge in [-0.25, -0.2) is 4.79 Å². The van der Waals surface area contributed by atoms with Gasteiger partial charge in [0.25, 0.3) is 11.8 Å². The molecule has 0 aliphatic carbocycles. The van der Waals surface area contributed by atoms with Crippen molar-refractivity contribution in [3.05, 3.63) is 70.8 Å². The van der Waals surface area contributed by atoms with E-state index in [9.17, 15) is 14.4 Å². The summed E-state index contributed by atoms with van der Waals surface area (Å²) >= 11 is 0. The van der Waals surface area contributed by atoms with E-state index in [4.69, 9.17) is 9.47 Å². The minimum Gasteiger partial charge on any atom is -0.460 e. The van der Waals surface area contributed by atoms with E-state index >= 15 is 0 Å². The Hall–Kier alpha value is -2.99. The second kappa shape index (κ2) is 7.27. The first-order valence-electron chi connectivity index (χ1n) is 7.82. The van der Waals surface area contributed by atoms with Crippen LogP contribution in [0, 0.1) is 0 Å². The molecule has 0 unspecified atom stereocenters. The SMILES string of the molecule is COCc1cccc(C(=O)OCCN2C(=O)c3ccccc3C2=O)c1. The zero-order chi connectivity index (χ0) is 17.8. The Morgan fingerprint density at radius 1 is 1.00 bits per heavy atom. The summed E-state index contributed by atoms with van der Waals surface area (Å²) in [6, 6.07) is 13.6. The second-order valence-corrected chi connectivity index (χ2v) is 5.58. The monoisotopic (exact) mass is 339 g/mol. The molecule has 2 amide bonds. The normalized spacial score (nSPS) is 13.1. The fourth-order valence-electron chi connectivity index (χ4n) is 2.71. The van der Waals surface area contributed by atoms with Gasteiger partial charge < -0.3 is 9.47 Å². The number of imide groups is 1. The minimum atomic E-state index is -0.505. The quantitative estimate of drug-likeness (QED) is 0.596. The Labute approximate surface area is 145 Å². The Morgan fingerprint density at radius 3 is 2.32 bits per heavy atom. The number of carbonyl (C=O) groups is 3. The number of rotatable bonds is 6. The number of ether oxygens (including phenoxy) is 2. The van der Waals surface area contributed by atoms with Gasteiger partial charge in [-0.1, -0.05) is 24.3 Å². The molecule has 6 heteroatoms. The van der Waals surface area contributed by atoms with Crippen molar-refractivity contribution in [3.8, 4) is 0 Å². The Bertz CT molecular complexity index is 795. The number of esters is 1. The highest BCUT2D eigenvalue weighted by atomic mass is 16.5. The number of benzene rings is 2. The standard InChI is InChI=1S/C19H17NO5/c1-24-12-13-5-4-6-14(11-13)19(23)25-10-9-20-17(21)15-7-2-3-8-16(15)18(20)22/h2-8,11H,9-10,12H2,1H3. The maximum absolute atomic E-state index is 12.2. The largest absolute Gasteiger partial charge is 0.460 e. The van der Waals surface area contributed by atoms with Gasteiger partial charge in [-0.15, -0.1) is 0 Å². The van der Waals surface area contributed by atoms with E-state index in [1.165, 1.54) is 0 Å². The van der Waals surface area contributed by atoms with Gasteiger partial charge in [-0.3, -0.25) is 14.5 Å². The predicted octanol–water partition coefficient (Wildman–Crippen LogP) is 2.29. The molecule has 0 saturated heterocycles. The molecule has 0 fully saturated rings. The van der Waals surface area contributed by atoms with E-state index in [1.807, 2.05) is 6.07 Å². The van der Waals surface area contributed by atoms with Crippen LogP contribution in [0.1, 0.15) is 36.6 Å². The molecule has 6 nitrogen and oxygen atoms in total. The van der Waals surface area contributed by atoms with Crippen LogP contribution >= 0.6 is 0 Å². The third kappa shape index (κ3) is 3.44. The van der Waals surface area contributed by atoms with Crippen LogP contribution in [0.25, 0.3) is 0 Å². The smallest absolute Gasteiger partial charge is 0.338 e. The molecule has 0 bridgehead atoms. The molecule has 1 aliphatic rings. The Balaban J connectivity index is 1.58. The number of fused-ring (bicyclic) bond motifs is 1. The fourth-order valence-corrected chi connectivity index (χ4v) is 2.71. The lowest BCUT2D eigenvalue weighted by Gasteiger charge is -2.14. The van der Waals surface area contributed by atoms with E-state index in [1.54, 1.807) is 49.6 Å². The van der Waals surface area contributed by atoms with Crippen molar-refractivity contribution in [1.29, 1.82) is 0 Å². The van der Waals surface area contributed by atoms with Gasteiger partial charge in [0, 0.05) is 7.11 Å². The van der Waals surface area contributed by atoms with Crippen LogP contribution in [0.5, 0.6) is 0 Å². The number of methoxy groups -OCH3 is 1. The highest BCUT2D eigenvalue weighted by Gasteiger charge is 2.34. The molecule has 1 heterocycles. The number of amides is 2. The molecule has 0 radical (unpaired) electrons. The third-order valence-electron chi connectivity index (χ3n) is 3.90. The van der Waals surface area contributed by atoms with Crippen molar-refractivity contribution in [1.82, 2.24) is 4.90 Å². The van der Waals surface area contributed by atoms with Gasteiger partial charge in [-0.2, -0.15) is 0 Å². The molecule has 1 aliphatic heterocycles. The van der Waals surface area contributed by atoms with Gasteiger partial charge in [0.15, 0.2) is 0 Å². The van der Waals surface area contributed by atoms with E-state index in [0.29, 0.717) is 23.3 Å². The summed E-state index contributed by atoms with van der Waals surface area (Å²) in [4.78, 5) is 37.6. The van der Waals surface area contributed by atoms with E-state index in [0.717, 1.165) is 10.5 Å². The van der Waals surface area contributed by atoms with Crippen molar-refractivity contribution >= 4 is 17.8 Å². The molecule has 3 rings (SSSR count). The highest BCUT2D eigenvalue weighted by Crippen LogP contribution is 2.22. The van der Waals surface area contributed by atoms with E-state index in [2.05, 4.69) is 0 Å². The lowest BCUT2D eigenvalue weighted by molar-refractivity contribution is 0.0420. The molecule has 128 valence electrons. The number of hydrogen-bond acceptors (Lipinski definition) is 5. The molecular formula is C19H17NO5. The summed E-state index contributed by atoms with van der Waals surface area (Å²) in [6.45, 7) is 0.366. The first-order valence-corrected chi connectivity index (χ1v) is 7.82. The zero-order valence-corrected chi connectivity index (χ0v) is 13.7. The van der Waals surface area contributed by atoms with Crippen molar-refractivity contribution < 1.29 is 23.9 Å². The zero-order valence-electron chi connectivity index (χ0n) is 13.7. The number of hydrogen-bond donors (Lipinski definition) is 0. The Kier molecular flexibility index (Phi) is 4.90. The second-order valence-electron chi connectivity index (χ2n) is 5.58. The summed E-state index contributed by atoms with van der Waals surface area (Å²) in [5.41, 5.74) is 2.02. The average molecular weight is 339 g/mol. The maximum Gasteiger partial charge on any atom is 0.338 e. The van der Waals surface area contributed by atoms with Crippen LogP contribution in [-0.2, 0) is 16.1 Å². The molecule has 0 spiro atoms. The Morgan fingerprint density at radius 2 is 1.68 bits per heavy atom. The molecule has 0 N–H and O–H groups in total. The van der Waals surface area contributed by atoms with Crippen molar-refractivity contribution in [2.24, 2.45) is 0 Å². The van der Waals surface area contributed by atoms with Gasteiger partial charge in [0.05, 0.1) is 29.8 Å². The predicted molar refractivity (Wildman–Crippen MR) is 89.2 cm³/mol. The molecule has 25 heavy (non-hydrogen) atoms. The first-order chi connectivity index (χ1) is 12.1. The van der Waals surface area contributed by atoms with Crippen LogP contribution in [-0.4, -0.2) is 42.9 Å². The van der Waals surface area contributed by atoms with Gasteiger partial charge in [0.2, 0.25) is 0 Å².